The molecule has 0 bridgehead atoms. The fourth-order valence-electron chi connectivity index (χ4n) is 3.19. The molecule has 0 fully saturated rings. The highest BCUT2D eigenvalue weighted by molar-refractivity contribution is 5.12. The fraction of sp³-hybridized carbons (Fsp3) is 0.760. The fourth-order valence-corrected chi connectivity index (χ4v) is 3.19. The number of hydrogen-bond donors (Lipinski definition) is 2. The van der Waals surface area contributed by atoms with Crippen molar-refractivity contribution >= 4 is 0 Å². The lowest BCUT2D eigenvalue weighted by Crippen LogP contribution is -1.87. The lowest BCUT2D eigenvalue weighted by atomic mass is 10.0. The molecule has 1 aromatic rings. The molecule has 27 heavy (non-hydrogen) atoms. The molecule has 0 saturated carbocycles. The summed E-state index contributed by atoms with van der Waals surface area (Å²) in [5.74, 6) is 0.886. The molecular formula is C25H46O2. The van der Waals surface area contributed by atoms with Crippen LogP contribution in [-0.2, 0) is 6.61 Å². The van der Waals surface area contributed by atoms with E-state index in [1.807, 2.05) is 30.3 Å². The van der Waals surface area contributed by atoms with Crippen LogP contribution in [0.4, 0.5) is 0 Å². The standard InChI is InChI=1S/C18H38O.C7H8O/c1-18(2)16-14-12-10-8-6-4-3-5-7-9-11-13-15-17-19;8-6-7-4-2-1-3-5-7/h18-19H,3-17H2,1-2H3;1-5,8H,6H2. The summed E-state index contributed by atoms with van der Waals surface area (Å²) in [5, 5.41) is 17.2. The molecule has 0 aromatic heterocycles. The first-order valence-corrected chi connectivity index (χ1v) is 11.5. The Morgan fingerprint density at radius 2 is 1.00 bits per heavy atom. The first-order valence-electron chi connectivity index (χ1n) is 11.5. The van der Waals surface area contributed by atoms with Crippen LogP contribution < -0.4 is 0 Å². The van der Waals surface area contributed by atoms with Crippen LogP contribution in [0.15, 0.2) is 30.3 Å². The highest BCUT2D eigenvalue weighted by Crippen LogP contribution is 2.14. The van der Waals surface area contributed by atoms with E-state index >= 15 is 0 Å². The van der Waals surface area contributed by atoms with Gasteiger partial charge in [0.15, 0.2) is 0 Å². The molecule has 0 atom stereocenters. The number of unbranched alkanes of at least 4 members (excludes halogenated alkanes) is 12. The Balaban J connectivity index is 0.000000694. The monoisotopic (exact) mass is 378 g/mol. The van der Waals surface area contributed by atoms with Gasteiger partial charge in [-0.3, -0.25) is 0 Å². The number of rotatable bonds is 16. The van der Waals surface area contributed by atoms with E-state index in [-0.39, 0.29) is 6.61 Å². The summed E-state index contributed by atoms with van der Waals surface area (Å²) in [7, 11) is 0. The molecule has 0 unspecified atom stereocenters. The van der Waals surface area contributed by atoms with Gasteiger partial charge in [-0.1, -0.05) is 128 Å². The Kier molecular flexibility index (Phi) is 20.8. The highest BCUT2D eigenvalue weighted by atomic mass is 16.3. The Hall–Kier alpha value is -0.860. The van der Waals surface area contributed by atoms with Crippen LogP contribution >= 0.6 is 0 Å². The normalized spacial score (nSPS) is 10.7. The van der Waals surface area contributed by atoms with E-state index in [2.05, 4.69) is 13.8 Å². The van der Waals surface area contributed by atoms with E-state index in [1.165, 1.54) is 83.5 Å². The summed E-state index contributed by atoms with van der Waals surface area (Å²) < 4.78 is 0. The van der Waals surface area contributed by atoms with Crippen molar-refractivity contribution in [3.8, 4) is 0 Å². The molecule has 158 valence electrons. The second-order valence-corrected chi connectivity index (χ2v) is 8.15. The van der Waals surface area contributed by atoms with Gasteiger partial charge in [0.1, 0.15) is 0 Å². The molecule has 1 aromatic carbocycles. The van der Waals surface area contributed by atoms with Crippen molar-refractivity contribution < 1.29 is 10.2 Å². The van der Waals surface area contributed by atoms with Crippen molar-refractivity contribution in [1.82, 2.24) is 0 Å². The zero-order valence-corrected chi connectivity index (χ0v) is 18.2. The van der Waals surface area contributed by atoms with Crippen molar-refractivity contribution in [2.24, 2.45) is 5.92 Å². The number of aliphatic hydroxyl groups excluding tert-OH is 2. The average Bonchev–Trinajstić information content (AvgIpc) is 2.69. The summed E-state index contributed by atoms with van der Waals surface area (Å²) in [6, 6.07) is 9.52. The lowest BCUT2D eigenvalue weighted by Gasteiger charge is -2.04. The molecule has 2 N–H and O–H groups in total. The van der Waals surface area contributed by atoms with Crippen molar-refractivity contribution in [1.29, 1.82) is 0 Å². The average molecular weight is 379 g/mol. The molecule has 0 amide bonds. The summed E-state index contributed by atoms with van der Waals surface area (Å²) in [5.41, 5.74) is 0.965. The van der Waals surface area contributed by atoms with Crippen molar-refractivity contribution in [2.75, 3.05) is 6.61 Å². The van der Waals surface area contributed by atoms with Crippen LogP contribution in [0, 0.1) is 5.92 Å². The third-order valence-electron chi connectivity index (χ3n) is 4.96. The highest BCUT2D eigenvalue weighted by Gasteiger charge is 1.95. The zero-order chi connectivity index (χ0) is 20.0. The molecule has 0 spiro atoms. The number of hydrogen-bond acceptors (Lipinski definition) is 2. The first kappa shape index (κ1) is 26.1. The smallest absolute Gasteiger partial charge is 0.0681 e. The van der Waals surface area contributed by atoms with Crippen LogP contribution in [0.1, 0.15) is 109 Å². The van der Waals surface area contributed by atoms with E-state index < -0.39 is 0 Å². The summed E-state index contributed by atoms with van der Waals surface area (Å²) in [4.78, 5) is 0. The minimum absolute atomic E-state index is 0.140. The maximum Gasteiger partial charge on any atom is 0.0681 e. The van der Waals surface area contributed by atoms with Gasteiger partial charge in [0.05, 0.1) is 6.61 Å². The van der Waals surface area contributed by atoms with Crippen LogP contribution in [0.3, 0.4) is 0 Å². The van der Waals surface area contributed by atoms with Gasteiger partial charge in [0.2, 0.25) is 0 Å². The van der Waals surface area contributed by atoms with E-state index in [9.17, 15) is 0 Å². The Morgan fingerprint density at radius 1 is 0.593 bits per heavy atom. The predicted molar refractivity (Wildman–Crippen MR) is 119 cm³/mol. The van der Waals surface area contributed by atoms with Gasteiger partial charge in [-0.25, -0.2) is 0 Å². The molecule has 1 rings (SSSR count). The first-order chi connectivity index (χ1) is 13.2. The van der Waals surface area contributed by atoms with Crippen molar-refractivity contribution in [3.63, 3.8) is 0 Å². The number of aliphatic hydroxyl groups is 2. The predicted octanol–water partition coefficient (Wildman–Crippen LogP) is 7.28. The van der Waals surface area contributed by atoms with Crippen LogP contribution in [0.5, 0.6) is 0 Å². The summed E-state index contributed by atoms with van der Waals surface area (Å²) in [6.07, 6.45) is 19.3. The Bertz CT molecular complexity index is 375. The third kappa shape index (κ3) is 21.3. The minimum Gasteiger partial charge on any atom is -0.396 e. The third-order valence-corrected chi connectivity index (χ3v) is 4.96. The SMILES string of the molecule is CC(C)CCCCCCCCCCCCCCCO.OCc1ccccc1. The summed E-state index contributed by atoms with van der Waals surface area (Å²) >= 11 is 0. The van der Waals surface area contributed by atoms with E-state index in [4.69, 9.17) is 10.2 Å². The zero-order valence-electron chi connectivity index (χ0n) is 18.2. The van der Waals surface area contributed by atoms with Crippen LogP contribution in [0.2, 0.25) is 0 Å². The second kappa shape index (κ2) is 21.4. The molecule has 0 saturated heterocycles. The van der Waals surface area contributed by atoms with Crippen molar-refractivity contribution in [3.05, 3.63) is 35.9 Å². The summed E-state index contributed by atoms with van der Waals surface area (Å²) in [6.45, 7) is 5.16. The van der Waals surface area contributed by atoms with Gasteiger partial charge in [-0.15, -0.1) is 0 Å². The molecule has 2 heteroatoms. The number of benzene rings is 1. The van der Waals surface area contributed by atoms with Gasteiger partial charge < -0.3 is 10.2 Å². The van der Waals surface area contributed by atoms with Gasteiger partial charge in [-0.2, -0.15) is 0 Å². The molecule has 0 aliphatic rings. The second-order valence-electron chi connectivity index (χ2n) is 8.15. The van der Waals surface area contributed by atoms with Crippen molar-refractivity contribution in [2.45, 2.75) is 110 Å². The minimum atomic E-state index is 0.140. The van der Waals surface area contributed by atoms with Gasteiger partial charge in [-0.05, 0) is 17.9 Å². The Labute approximate surface area is 169 Å². The van der Waals surface area contributed by atoms with Gasteiger partial charge in [0, 0.05) is 6.61 Å². The molecule has 0 heterocycles. The maximum atomic E-state index is 8.67. The molecule has 0 aliphatic heterocycles. The van der Waals surface area contributed by atoms with E-state index in [0.29, 0.717) is 6.61 Å². The van der Waals surface area contributed by atoms with Crippen LogP contribution in [0.25, 0.3) is 0 Å². The maximum absolute atomic E-state index is 8.67. The topological polar surface area (TPSA) is 40.5 Å². The van der Waals surface area contributed by atoms with Gasteiger partial charge in [0.25, 0.3) is 0 Å². The lowest BCUT2D eigenvalue weighted by molar-refractivity contribution is 0.281. The largest absolute Gasteiger partial charge is 0.396 e. The quantitative estimate of drug-likeness (QED) is 0.297. The molecular weight excluding hydrogens is 332 g/mol. The Morgan fingerprint density at radius 3 is 1.33 bits per heavy atom. The molecule has 2 nitrogen and oxygen atoms in total. The van der Waals surface area contributed by atoms with E-state index in [0.717, 1.165) is 17.9 Å². The molecule has 0 aliphatic carbocycles. The van der Waals surface area contributed by atoms with Gasteiger partial charge >= 0.3 is 0 Å². The molecule has 0 radical (unpaired) electrons. The van der Waals surface area contributed by atoms with Crippen LogP contribution in [-0.4, -0.2) is 16.8 Å². The van der Waals surface area contributed by atoms with E-state index in [1.54, 1.807) is 0 Å².